The van der Waals surface area contributed by atoms with Crippen molar-refractivity contribution in [1.29, 1.82) is 0 Å². The molecule has 0 bridgehead atoms. The van der Waals surface area contributed by atoms with E-state index in [1.165, 1.54) is 19.2 Å². The standard InChI is InChI=1S/C10H11N3O3/c1-3-8(14)12-7-5-4-6(9(11)15)13-10(7)16-2/h3-5H,1H2,2H3,(H2,11,15)(H,12,14). The van der Waals surface area contributed by atoms with Gasteiger partial charge in [0.2, 0.25) is 11.8 Å². The van der Waals surface area contributed by atoms with Gasteiger partial charge in [-0.2, -0.15) is 0 Å². The lowest BCUT2D eigenvalue weighted by Gasteiger charge is -2.08. The van der Waals surface area contributed by atoms with E-state index in [9.17, 15) is 9.59 Å². The minimum atomic E-state index is -0.667. The Kier molecular flexibility index (Phi) is 3.60. The molecule has 1 aromatic rings. The Bertz CT molecular complexity index is 443. The fraction of sp³-hybridized carbons (Fsp3) is 0.100. The first-order valence-corrected chi connectivity index (χ1v) is 4.36. The minimum Gasteiger partial charge on any atom is -0.479 e. The maximum Gasteiger partial charge on any atom is 0.267 e. The molecule has 6 nitrogen and oxygen atoms in total. The van der Waals surface area contributed by atoms with Crippen molar-refractivity contribution in [2.24, 2.45) is 5.73 Å². The third-order valence-corrected chi connectivity index (χ3v) is 1.75. The molecule has 0 aliphatic rings. The molecule has 0 saturated carbocycles. The molecule has 0 atom stereocenters. The van der Waals surface area contributed by atoms with E-state index in [1.54, 1.807) is 0 Å². The zero-order chi connectivity index (χ0) is 12.1. The average Bonchev–Trinajstić information content (AvgIpc) is 2.29. The number of aromatic nitrogens is 1. The van der Waals surface area contributed by atoms with Crippen LogP contribution in [0.2, 0.25) is 0 Å². The minimum absolute atomic E-state index is 0.0634. The predicted octanol–water partition coefficient (Wildman–Crippen LogP) is 0.314. The van der Waals surface area contributed by atoms with Gasteiger partial charge in [-0.05, 0) is 18.2 Å². The molecule has 0 aliphatic heterocycles. The van der Waals surface area contributed by atoms with Crippen molar-refractivity contribution in [1.82, 2.24) is 4.98 Å². The number of primary amides is 1. The summed E-state index contributed by atoms with van der Waals surface area (Å²) in [5.74, 6) is -0.946. The highest BCUT2D eigenvalue weighted by atomic mass is 16.5. The highest BCUT2D eigenvalue weighted by molar-refractivity contribution is 6.00. The molecule has 16 heavy (non-hydrogen) atoms. The normalized spacial score (nSPS) is 9.31. The summed E-state index contributed by atoms with van der Waals surface area (Å²) in [4.78, 5) is 25.8. The van der Waals surface area contributed by atoms with Gasteiger partial charge in [0, 0.05) is 0 Å². The van der Waals surface area contributed by atoms with E-state index in [2.05, 4.69) is 16.9 Å². The van der Waals surface area contributed by atoms with Crippen LogP contribution in [0.3, 0.4) is 0 Å². The van der Waals surface area contributed by atoms with Crippen molar-refractivity contribution in [2.45, 2.75) is 0 Å². The molecule has 6 heteroatoms. The molecule has 0 aliphatic carbocycles. The zero-order valence-corrected chi connectivity index (χ0v) is 8.69. The van der Waals surface area contributed by atoms with Gasteiger partial charge in [0.05, 0.1) is 7.11 Å². The third-order valence-electron chi connectivity index (χ3n) is 1.75. The number of nitrogens with one attached hydrogen (secondary N) is 1. The molecule has 3 N–H and O–H groups in total. The Morgan fingerprint density at radius 3 is 2.75 bits per heavy atom. The van der Waals surface area contributed by atoms with Crippen LogP contribution in [0.25, 0.3) is 0 Å². The fourth-order valence-electron chi connectivity index (χ4n) is 1.01. The number of carbonyl (C=O) groups is 2. The number of carbonyl (C=O) groups excluding carboxylic acids is 2. The van der Waals surface area contributed by atoms with Gasteiger partial charge >= 0.3 is 0 Å². The lowest BCUT2D eigenvalue weighted by molar-refractivity contribution is -0.111. The number of pyridine rings is 1. The summed E-state index contributed by atoms with van der Waals surface area (Å²) in [5.41, 5.74) is 5.46. The molecule has 0 fully saturated rings. The van der Waals surface area contributed by atoms with Crippen molar-refractivity contribution in [2.75, 3.05) is 12.4 Å². The van der Waals surface area contributed by atoms with E-state index in [0.29, 0.717) is 5.69 Å². The number of anilines is 1. The van der Waals surface area contributed by atoms with Crippen LogP contribution in [0.5, 0.6) is 5.88 Å². The molecule has 1 aromatic heterocycles. The highest BCUT2D eigenvalue weighted by Gasteiger charge is 2.10. The first-order chi connectivity index (χ1) is 7.58. The zero-order valence-electron chi connectivity index (χ0n) is 8.69. The maximum absolute atomic E-state index is 11.1. The van der Waals surface area contributed by atoms with E-state index in [0.717, 1.165) is 6.08 Å². The number of amides is 2. The number of rotatable bonds is 4. The topological polar surface area (TPSA) is 94.3 Å². The van der Waals surface area contributed by atoms with Gasteiger partial charge in [0.15, 0.2) is 0 Å². The van der Waals surface area contributed by atoms with Crippen molar-refractivity contribution < 1.29 is 14.3 Å². The first kappa shape index (κ1) is 11.7. The number of nitrogens with zero attached hydrogens (tertiary/aromatic N) is 1. The number of hydrogen-bond acceptors (Lipinski definition) is 4. The van der Waals surface area contributed by atoms with Crippen molar-refractivity contribution in [3.8, 4) is 5.88 Å². The van der Waals surface area contributed by atoms with Crippen molar-refractivity contribution in [3.63, 3.8) is 0 Å². The van der Waals surface area contributed by atoms with Gasteiger partial charge in [-0.15, -0.1) is 0 Å². The summed E-state index contributed by atoms with van der Waals surface area (Å²) >= 11 is 0. The first-order valence-electron chi connectivity index (χ1n) is 4.36. The van der Waals surface area contributed by atoms with Gasteiger partial charge in [-0.25, -0.2) is 4.98 Å². The molecular formula is C10H11N3O3. The van der Waals surface area contributed by atoms with Crippen LogP contribution in [0.15, 0.2) is 24.8 Å². The smallest absolute Gasteiger partial charge is 0.267 e. The second kappa shape index (κ2) is 4.92. The van der Waals surface area contributed by atoms with Crippen LogP contribution in [0.4, 0.5) is 5.69 Å². The van der Waals surface area contributed by atoms with Crippen molar-refractivity contribution in [3.05, 3.63) is 30.5 Å². The molecule has 0 aromatic carbocycles. The predicted molar refractivity (Wildman–Crippen MR) is 58.1 cm³/mol. The summed E-state index contributed by atoms with van der Waals surface area (Å²) in [6.07, 6.45) is 1.11. The van der Waals surface area contributed by atoms with Crippen LogP contribution >= 0.6 is 0 Å². The van der Waals surface area contributed by atoms with E-state index in [-0.39, 0.29) is 11.6 Å². The molecule has 0 spiro atoms. The number of methoxy groups -OCH3 is 1. The van der Waals surface area contributed by atoms with Gasteiger partial charge in [-0.1, -0.05) is 6.58 Å². The second-order valence-electron chi connectivity index (χ2n) is 2.81. The SMILES string of the molecule is C=CC(=O)Nc1ccc(C(N)=O)nc1OC. The Morgan fingerprint density at radius 1 is 1.56 bits per heavy atom. The van der Waals surface area contributed by atoms with Crippen LogP contribution in [0.1, 0.15) is 10.5 Å². The summed E-state index contributed by atoms with van der Waals surface area (Å²) in [7, 11) is 1.37. The van der Waals surface area contributed by atoms with Crippen LogP contribution in [-0.4, -0.2) is 23.9 Å². The van der Waals surface area contributed by atoms with Crippen LogP contribution in [0, 0.1) is 0 Å². The molecular weight excluding hydrogens is 210 g/mol. The van der Waals surface area contributed by atoms with Crippen LogP contribution in [-0.2, 0) is 4.79 Å². The summed E-state index contributed by atoms with van der Waals surface area (Å²) in [5, 5.41) is 2.48. The Hall–Kier alpha value is -2.37. The molecule has 1 rings (SSSR count). The highest BCUT2D eigenvalue weighted by Crippen LogP contribution is 2.21. The van der Waals surface area contributed by atoms with E-state index in [4.69, 9.17) is 10.5 Å². The van der Waals surface area contributed by atoms with Gasteiger partial charge in [0.1, 0.15) is 11.4 Å². The molecule has 0 unspecified atom stereocenters. The fourth-order valence-corrected chi connectivity index (χ4v) is 1.01. The lowest BCUT2D eigenvalue weighted by Crippen LogP contribution is -2.15. The lowest BCUT2D eigenvalue weighted by atomic mass is 10.3. The number of ether oxygens (including phenoxy) is 1. The summed E-state index contributed by atoms with van der Waals surface area (Å²) < 4.78 is 4.91. The van der Waals surface area contributed by atoms with Crippen molar-refractivity contribution >= 4 is 17.5 Å². The Morgan fingerprint density at radius 2 is 2.25 bits per heavy atom. The molecule has 1 heterocycles. The summed E-state index contributed by atoms with van der Waals surface area (Å²) in [6.45, 7) is 3.31. The molecule has 2 amide bonds. The Balaban J connectivity index is 3.06. The second-order valence-corrected chi connectivity index (χ2v) is 2.81. The monoisotopic (exact) mass is 221 g/mol. The van der Waals surface area contributed by atoms with Gasteiger partial charge in [0.25, 0.3) is 5.91 Å². The van der Waals surface area contributed by atoms with Gasteiger partial charge in [-0.3, -0.25) is 9.59 Å². The third kappa shape index (κ3) is 2.57. The number of nitrogens with two attached hydrogens (primary N) is 1. The largest absolute Gasteiger partial charge is 0.479 e. The maximum atomic E-state index is 11.1. The molecule has 84 valence electrons. The van der Waals surface area contributed by atoms with E-state index < -0.39 is 11.8 Å². The van der Waals surface area contributed by atoms with Gasteiger partial charge < -0.3 is 15.8 Å². The van der Waals surface area contributed by atoms with E-state index >= 15 is 0 Å². The number of hydrogen-bond donors (Lipinski definition) is 2. The quantitative estimate of drug-likeness (QED) is 0.715. The molecule has 0 radical (unpaired) electrons. The summed E-state index contributed by atoms with van der Waals surface area (Å²) in [6, 6.07) is 2.87. The Labute approximate surface area is 92.1 Å². The van der Waals surface area contributed by atoms with E-state index in [1.807, 2.05) is 0 Å². The molecule has 0 saturated heterocycles. The van der Waals surface area contributed by atoms with Crippen LogP contribution < -0.4 is 15.8 Å². The average molecular weight is 221 g/mol.